The molecule has 2 heterocycles. The number of H-pyrrole nitrogens is 1. The van der Waals surface area contributed by atoms with Gasteiger partial charge in [0.2, 0.25) is 15.2 Å². The van der Waals surface area contributed by atoms with E-state index < -0.39 is 0 Å². The van der Waals surface area contributed by atoms with Gasteiger partial charge in [-0.2, -0.15) is 0 Å². The van der Waals surface area contributed by atoms with Crippen LogP contribution in [0.3, 0.4) is 0 Å². The molecule has 6 heteroatoms. The van der Waals surface area contributed by atoms with Crippen LogP contribution in [0.15, 0.2) is 65.6 Å². The maximum absolute atomic E-state index is 13.1. The van der Waals surface area contributed by atoms with Gasteiger partial charge in [0, 0.05) is 31.9 Å². The van der Waals surface area contributed by atoms with Gasteiger partial charge in [0.05, 0.1) is 5.69 Å². The molecule has 0 amide bonds. The number of hydrogen-bond acceptors (Lipinski definition) is 2. The average molecular weight is 494 g/mol. The molecule has 0 saturated carbocycles. The second-order valence-electron chi connectivity index (χ2n) is 10.6. The zero-order valence-corrected chi connectivity index (χ0v) is 23.3. The molecule has 4 rings (SSSR count). The summed E-state index contributed by atoms with van der Waals surface area (Å²) in [5.74, 6) is 1.63. The van der Waals surface area contributed by atoms with Gasteiger partial charge in [0.1, 0.15) is 5.82 Å². The molecule has 3 aromatic rings. The lowest BCUT2D eigenvalue weighted by Crippen LogP contribution is -2.36. The molecule has 4 nitrogen and oxygen atoms in total. The summed E-state index contributed by atoms with van der Waals surface area (Å²) in [7, 11) is 0. The van der Waals surface area contributed by atoms with Crippen LogP contribution in [0.5, 0.6) is 0 Å². The Morgan fingerprint density at radius 1 is 0.943 bits per heavy atom. The molecule has 1 aliphatic rings. The number of likely N-dealkylation sites (tertiary alicyclic amines) is 1. The molecule has 0 atom stereocenters. The monoisotopic (exact) mass is 493 g/mol. The third-order valence-electron chi connectivity index (χ3n) is 6.66. The van der Waals surface area contributed by atoms with Crippen LogP contribution in [-0.4, -0.2) is 42.8 Å². The minimum Gasteiger partial charge on any atom is -0.306 e. The standard InChI is InChI=1S/C21H22FN3O.2C4H9.Al.H/c22-18-8-6-17(7-9-18)20-15-25(21(26)23-20)19-10-12-24(13-11-19)14-16-4-2-1-3-5-16;2*1-4(2)3;;/h1-9,15,19H,10-14H2,(H,23,26);2*4H,1H2,2-3H3;;. The summed E-state index contributed by atoms with van der Waals surface area (Å²) in [5.41, 5.74) is 2.79. The van der Waals surface area contributed by atoms with E-state index >= 15 is 0 Å². The zero-order valence-electron chi connectivity index (χ0n) is 21.8. The largest absolute Gasteiger partial charge is 0.326 e. The maximum atomic E-state index is 13.1. The number of nitrogens with one attached hydrogen (secondary N) is 1. The predicted octanol–water partition coefficient (Wildman–Crippen LogP) is 6.39. The van der Waals surface area contributed by atoms with E-state index in [-0.39, 0.29) is 17.5 Å². The van der Waals surface area contributed by atoms with Crippen molar-refractivity contribution in [2.45, 2.75) is 63.7 Å². The first-order chi connectivity index (χ1) is 16.8. The Morgan fingerprint density at radius 3 is 2.11 bits per heavy atom. The Bertz CT molecular complexity index is 1040. The van der Waals surface area contributed by atoms with Crippen LogP contribution in [-0.2, 0) is 6.54 Å². The van der Waals surface area contributed by atoms with Gasteiger partial charge in [-0.05, 0) is 48.2 Å². The van der Waals surface area contributed by atoms with Crippen molar-refractivity contribution in [1.82, 2.24) is 14.5 Å². The number of hydrogen-bond donors (Lipinski definition) is 1. The van der Waals surface area contributed by atoms with Crippen molar-refractivity contribution in [3.05, 3.63) is 82.7 Å². The lowest BCUT2D eigenvalue weighted by molar-refractivity contribution is 0.178. The Hall–Kier alpha value is -2.13. The van der Waals surface area contributed by atoms with Gasteiger partial charge >= 0.3 is 5.69 Å². The summed E-state index contributed by atoms with van der Waals surface area (Å²) in [6.45, 7) is 12.2. The van der Waals surface area contributed by atoms with Crippen LogP contribution in [0.4, 0.5) is 4.39 Å². The summed E-state index contributed by atoms with van der Waals surface area (Å²) in [6, 6.07) is 16.9. The van der Waals surface area contributed by atoms with Crippen LogP contribution in [0.1, 0.15) is 52.1 Å². The van der Waals surface area contributed by atoms with Gasteiger partial charge in [-0.25, -0.2) is 9.18 Å². The molecule has 0 bridgehead atoms. The summed E-state index contributed by atoms with van der Waals surface area (Å²) >= 11 is 0.316. The smallest absolute Gasteiger partial charge is 0.306 e. The molecule has 0 aliphatic carbocycles. The molecule has 0 unspecified atom stereocenters. The van der Waals surface area contributed by atoms with Crippen LogP contribution in [0.25, 0.3) is 11.3 Å². The van der Waals surface area contributed by atoms with Crippen molar-refractivity contribution in [2.75, 3.05) is 13.1 Å². The Balaban J connectivity index is 0.000000327. The molecule has 1 N–H and O–H groups in total. The molecule has 1 fully saturated rings. The quantitative estimate of drug-likeness (QED) is 0.369. The molecule has 188 valence electrons. The number of halogens is 1. The first-order valence-electron chi connectivity index (χ1n) is 13.1. The molecule has 0 radical (unpaired) electrons. The highest BCUT2D eigenvalue weighted by atomic mass is 27.1. The number of nitrogens with zero attached hydrogens (tertiary/aromatic N) is 2. The van der Waals surface area contributed by atoms with Crippen LogP contribution in [0.2, 0.25) is 10.6 Å². The number of imidazole rings is 1. The highest BCUT2D eigenvalue weighted by molar-refractivity contribution is 6.35. The van der Waals surface area contributed by atoms with E-state index in [9.17, 15) is 9.18 Å². The van der Waals surface area contributed by atoms with E-state index in [2.05, 4.69) is 61.8 Å². The van der Waals surface area contributed by atoms with Crippen molar-refractivity contribution in [3.63, 3.8) is 0 Å². The highest BCUT2D eigenvalue weighted by Gasteiger charge is 2.22. The van der Waals surface area contributed by atoms with Gasteiger partial charge < -0.3 is 4.98 Å². The van der Waals surface area contributed by atoms with Crippen molar-refractivity contribution in [1.29, 1.82) is 0 Å². The molecule has 1 saturated heterocycles. The summed E-state index contributed by atoms with van der Waals surface area (Å²) in [5, 5.41) is 3.08. The van der Waals surface area contributed by atoms with E-state index in [1.54, 1.807) is 16.7 Å². The summed E-state index contributed by atoms with van der Waals surface area (Å²) < 4.78 is 14.9. The van der Waals surface area contributed by atoms with Gasteiger partial charge in [-0.15, -0.1) is 0 Å². The van der Waals surface area contributed by atoms with Gasteiger partial charge in [-0.3, -0.25) is 9.47 Å². The lowest BCUT2D eigenvalue weighted by Gasteiger charge is -2.32. The average Bonchev–Trinajstić information content (AvgIpc) is 3.22. The van der Waals surface area contributed by atoms with E-state index in [0.29, 0.717) is 15.2 Å². The second-order valence-corrected chi connectivity index (χ2v) is 12.5. The molecule has 1 aliphatic heterocycles. The summed E-state index contributed by atoms with van der Waals surface area (Å²) in [6.07, 6.45) is 3.77. The Labute approximate surface area is 216 Å². The topological polar surface area (TPSA) is 41.0 Å². The third kappa shape index (κ3) is 9.11. The SMILES string of the molecule is CC(C)[CH2][AlH][CH2]C(C)C.O=c1[nH]c(-c2ccc(F)cc2)cn1C1CCN(Cc2ccccc2)CC1. The minimum absolute atomic E-state index is 0.0918. The minimum atomic E-state index is -0.277. The first-order valence-corrected chi connectivity index (χ1v) is 15.1. The van der Waals surface area contributed by atoms with Gasteiger partial charge in [0.25, 0.3) is 0 Å². The predicted molar refractivity (Wildman–Crippen MR) is 147 cm³/mol. The van der Waals surface area contributed by atoms with Crippen molar-refractivity contribution >= 4 is 15.2 Å². The number of aromatic nitrogens is 2. The highest BCUT2D eigenvalue weighted by Crippen LogP contribution is 2.24. The van der Waals surface area contributed by atoms with E-state index in [4.69, 9.17) is 0 Å². The second kappa shape index (κ2) is 13.8. The number of benzene rings is 2. The maximum Gasteiger partial charge on any atom is 0.326 e. The van der Waals surface area contributed by atoms with Gasteiger partial charge in [-0.1, -0.05) is 80.4 Å². The zero-order chi connectivity index (χ0) is 25.2. The van der Waals surface area contributed by atoms with E-state index in [0.717, 1.165) is 55.6 Å². The summed E-state index contributed by atoms with van der Waals surface area (Å²) in [4.78, 5) is 17.7. The molecule has 35 heavy (non-hydrogen) atoms. The third-order valence-corrected chi connectivity index (χ3v) is 9.79. The molecular weight excluding hydrogens is 452 g/mol. The Morgan fingerprint density at radius 2 is 1.54 bits per heavy atom. The van der Waals surface area contributed by atoms with Crippen molar-refractivity contribution in [2.24, 2.45) is 11.8 Å². The molecule has 1 aromatic heterocycles. The number of rotatable bonds is 8. The van der Waals surface area contributed by atoms with Gasteiger partial charge in [0.15, 0.2) is 0 Å². The number of piperidine rings is 1. The fraction of sp³-hybridized carbons (Fsp3) is 0.483. The fourth-order valence-electron chi connectivity index (χ4n) is 4.59. The van der Waals surface area contributed by atoms with Crippen molar-refractivity contribution in [3.8, 4) is 11.3 Å². The van der Waals surface area contributed by atoms with E-state index in [1.165, 1.54) is 28.3 Å². The van der Waals surface area contributed by atoms with Crippen LogP contribution in [0, 0.1) is 17.7 Å². The Kier molecular flexibility index (Phi) is 10.8. The normalized spacial score (nSPS) is 14.7. The fourth-order valence-corrected chi connectivity index (χ4v) is 6.46. The number of aromatic amines is 1. The lowest BCUT2D eigenvalue weighted by atomic mass is 10.0. The molecular formula is C29H41AlFN3O. The van der Waals surface area contributed by atoms with Crippen molar-refractivity contribution < 1.29 is 4.39 Å². The molecule has 2 aromatic carbocycles. The van der Waals surface area contributed by atoms with E-state index in [1.807, 2.05) is 12.3 Å². The first kappa shape index (κ1) is 27.5. The van der Waals surface area contributed by atoms with Crippen LogP contribution >= 0.6 is 0 Å². The molecule has 0 spiro atoms. The van der Waals surface area contributed by atoms with Crippen LogP contribution < -0.4 is 5.69 Å².